The van der Waals surface area contributed by atoms with E-state index >= 15 is 0 Å². The average Bonchev–Trinajstić information content (AvgIpc) is 2.81. The molecule has 1 aliphatic heterocycles. The van der Waals surface area contributed by atoms with Gasteiger partial charge >= 0.3 is 0 Å². The predicted octanol–water partition coefficient (Wildman–Crippen LogP) is 2.39. The molecule has 1 saturated heterocycles. The van der Waals surface area contributed by atoms with Gasteiger partial charge in [0.25, 0.3) is 0 Å². The maximum absolute atomic E-state index is 13.8. The van der Waals surface area contributed by atoms with Gasteiger partial charge in [-0.3, -0.25) is 0 Å². The van der Waals surface area contributed by atoms with Crippen LogP contribution in [0.15, 0.2) is 22.7 Å². The molecule has 2 atom stereocenters. The Morgan fingerprint density at radius 3 is 3.00 bits per heavy atom. The zero-order valence-corrected chi connectivity index (χ0v) is 11.8. The zero-order chi connectivity index (χ0) is 13.2. The van der Waals surface area contributed by atoms with Gasteiger partial charge in [-0.05, 0) is 31.5 Å². The molecule has 1 aromatic rings. The van der Waals surface area contributed by atoms with Gasteiger partial charge < -0.3 is 15.2 Å². The lowest BCUT2D eigenvalue weighted by atomic mass is 9.96. The quantitative estimate of drug-likeness (QED) is 0.896. The Labute approximate surface area is 114 Å². The topological polar surface area (TPSA) is 41.5 Å². The van der Waals surface area contributed by atoms with Crippen molar-refractivity contribution in [3.8, 4) is 0 Å². The third-order valence-electron chi connectivity index (χ3n) is 3.35. The van der Waals surface area contributed by atoms with Crippen LogP contribution in [-0.2, 0) is 4.74 Å². The minimum atomic E-state index is -0.450. The summed E-state index contributed by atoms with van der Waals surface area (Å²) in [5, 5.41) is 12.8. The molecule has 0 aliphatic carbocycles. The fraction of sp³-hybridized carbons (Fsp3) is 0.538. The normalized spacial score (nSPS) is 25.3. The van der Waals surface area contributed by atoms with Crippen LogP contribution in [0.1, 0.15) is 24.9 Å². The van der Waals surface area contributed by atoms with Crippen LogP contribution in [0.5, 0.6) is 0 Å². The Morgan fingerprint density at radius 2 is 2.39 bits per heavy atom. The second-order valence-electron chi connectivity index (χ2n) is 4.77. The van der Waals surface area contributed by atoms with Crippen molar-refractivity contribution >= 4 is 15.9 Å². The molecule has 1 aromatic carbocycles. The molecule has 2 N–H and O–H groups in total. The van der Waals surface area contributed by atoms with Crippen LogP contribution in [0.4, 0.5) is 4.39 Å². The van der Waals surface area contributed by atoms with Gasteiger partial charge in [-0.15, -0.1) is 0 Å². The van der Waals surface area contributed by atoms with E-state index in [-0.39, 0.29) is 18.5 Å². The minimum Gasteiger partial charge on any atom is -0.394 e. The van der Waals surface area contributed by atoms with E-state index in [1.54, 1.807) is 12.1 Å². The maximum atomic E-state index is 13.8. The van der Waals surface area contributed by atoms with Gasteiger partial charge in [-0.1, -0.05) is 15.9 Å². The lowest BCUT2D eigenvalue weighted by Crippen LogP contribution is -2.50. The predicted molar refractivity (Wildman–Crippen MR) is 70.9 cm³/mol. The van der Waals surface area contributed by atoms with Crippen LogP contribution >= 0.6 is 15.9 Å². The molecule has 2 unspecified atom stereocenters. The molecule has 5 heteroatoms. The lowest BCUT2D eigenvalue weighted by molar-refractivity contribution is 0.113. The molecule has 0 saturated carbocycles. The number of ether oxygens (including phenoxy) is 1. The standard InChI is InChI=1S/C13H17BrFNO2/c1-9(11-6-10(14)2-3-12(11)15)16-13(7-17)4-5-18-8-13/h2-3,6,9,16-17H,4-5,7-8H2,1H3. The number of nitrogens with one attached hydrogen (secondary N) is 1. The van der Waals surface area contributed by atoms with Gasteiger partial charge in [0.05, 0.1) is 18.8 Å². The molecule has 0 bridgehead atoms. The fourth-order valence-corrected chi connectivity index (χ4v) is 2.65. The smallest absolute Gasteiger partial charge is 0.128 e. The third-order valence-corrected chi connectivity index (χ3v) is 3.85. The monoisotopic (exact) mass is 317 g/mol. The molecule has 1 fully saturated rings. The third kappa shape index (κ3) is 2.91. The van der Waals surface area contributed by atoms with Crippen molar-refractivity contribution in [2.75, 3.05) is 19.8 Å². The van der Waals surface area contributed by atoms with Crippen LogP contribution in [0.3, 0.4) is 0 Å². The van der Waals surface area contributed by atoms with Crippen molar-refractivity contribution in [3.05, 3.63) is 34.1 Å². The van der Waals surface area contributed by atoms with Crippen LogP contribution in [-0.4, -0.2) is 30.5 Å². The Hall–Kier alpha value is -0.490. The first kappa shape index (κ1) is 13.9. The second kappa shape index (κ2) is 5.65. The number of aliphatic hydroxyl groups excluding tert-OH is 1. The van der Waals surface area contributed by atoms with Gasteiger partial charge in [0.1, 0.15) is 5.82 Å². The molecule has 0 radical (unpaired) electrons. The van der Waals surface area contributed by atoms with Gasteiger partial charge in [0.2, 0.25) is 0 Å². The summed E-state index contributed by atoms with van der Waals surface area (Å²) in [6.45, 7) is 2.97. The van der Waals surface area contributed by atoms with Crippen molar-refractivity contribution < 1.29 is 14.2 Å². The molecule has 1 heterocycles. The van der Waals surface area contributed by atoms with E-state index in [1.165, 1.54) is 6.07 Å². The summed E-state index contributed by atoms with van der Waals surface area (Å²) in [7, 11) is 0. The van der Waals surface area contributed by atoms with Gasteiger partial charge in [-0.2, -0.15) is 0 Å². The van der Waals surface area contributed by atoms with E-state index in [0.717, 1.165) is 10.9 Å². The van der Waals surface area contributed by atoms with Crippen molar-refractivity contribution in [3.63, 3.8) is 0 Å². The second-order valence-corrected chi connectivity index (χ2v) is 5.69. The highest BCUT2D eigenvalue weighted by Gasteiger charge is 2.35. The Kier molecular flexibility index (Phi) is 4.37. The Balaban J connectivity index is 2.15. The fourth-order valence-electron chi connectivity index (χ4n) is 2.27. The van der Waals surface area contributed by atoms with Gasteiger partial charge in [0, 0.05) is 22.7 Å². The van der Waals surface area contributed by atoms with E-state index in [4.69, 9.17) is 4.74 Å². The van der Waals surface area contributed by atoms with E-state index in [2.05, 4.69) is 21.2 Å². The SMILES string of the molecule is CC(NC1(CO)CCOC1)c1cc(Br)ccc1F. The lowest BCUT2D eigenvalue weighted by Gasteiger charge is -2.30. The highest BCUT2D eigenvalue weighted by molar-refractivity contribution is 9.10. The first-order chi connectivity index (χ1) is 8.56. The number of halogens is 2. The number of hydrogen-bond donors (Lipinski definition) is 2. The van der Waals surface area contributed by atoms with E-state index in [0.29, 0.717) is 18.8 Å². The van der Waals surface area contributed by atoms with Gasteiger partial charge in [0.15, 0.2) is 0 Å². The van der Waals surface area contributed by atoms with Crippen LogP contribution in [0.2, 0.25) is 0 Å². The van der Waals surface area contributed by atoms with Gasteiger partial charge in [-0.25, -0.2) is 4.39 Å². The highest BCUT2D eigenvalue weighted by atomic mass is 79.9. The molecule has 1 aliphatic rings. The molecule has 3 nitrogen and oxygen atoms in total. The molecular formula is C13H17BrFNO2. The van der Waals surface area contributed by atoms with Crippen LogP contribution < -0.4 is 5.32 Å². The summed E-state index contributed by atoms with van der Waals surface area (Å²) in [5.74, 6) is -0.245. The van der Waals surface area contributed by atoms with Crippen molar-refractivity contribution in [2.24, 2.45) is 0 Å². The summed E-state index contributed by atoms with van der Waals surface area (Å²) in [4.78, 5) is 0. The van der Waals surface area contributed by atoms with Crippen molar-refractivity contribution in [2.45, 2.75) is 24.9 Å². The molecule has 0 aromatic heterocycles. The molecule has 0 spiro atoms. The maximum Gasteiger partial charge on any atom is 0.128 e. The number of hydrogen-bond acceptors (Lipinski definition) is 3. The van der Waals surface area contributed by atoms with E-state index < -0.39 is 5.54 Å². The number of benzene rings is 1. The van der Waals surface area contributed by atoms with Crippen molar-refractivity contribution in [1.82, 2.24) is 5.32 Å². The molecule has 2 rings (SSSR count). The summed E-state index contributed by atoms with van der Waals surface area (Å²) < 4.78 is 19.9. The zero-order valence-electron chi connectivity index (χ0n) is 10.2. The highest BCUT2D eigenvalue weighted by Crippen LogP contribution is 2.26. The largest absolute Gasteiger partial charge is 0.394 e. The minimum absolute atomic E-state index is 0.00698. The molecule has 100 valence electrons. The van der Waals surface area contributed by atoms with Crippen molar-refractivity contribution in [1.29, 1.82) is 0 Å². The molecular weight excluding hydrogens is 301 g/mol. The average molecular weight is 318 g/mol. The van der Waals surface area contributed by atoms with E-state index in [1.807, 2.05) is 6.92 Å². The van der Waals surface area contributed by atoms with Crippen LogP contribution in [0, 0.1) is 5.82 Å². The summed E-state index contributed by atoms with van der Waals surface area (Å²) in [6, 6.07) is 4.69. The molecule has 0 amide bonds. The Bertz CT molecular complexity index is 421. The van der Waals surface area contributed by atoms with E-state index in [9.17, 15) is 9.50 Å². The number of rotatable bonds is 4. The molecule has 18 heavy (non-hydrogen) atoms. The first-order valence-electron chi connectivity index (χ1n) is 5.97. The van der Waals surface area contributed by atoms with Crippen LogP contribution in [0.25, 0.3) is 0 Å². The summed E-state index contributed by atoms with van der Waals surface area (Å²) >= 11 is 3.34. The Morgan fingerprint density at radius 1 is 1.61 bits per heavy atom. The summed E-state index contributed by atoms with van der Waals surface area (Å²) in [5.41, 5.74) is 0.137. The first-order valence-corrected chi connectivity index (χ1v) is 6.77. The summed E-state index contributed by atoms with van der Waals surface area (Å²) in [6.07, 6.45) is 0.740. The number of aliphatic hydroxyl groups is 1.